The van der Waals surface area contributed by atoms with Crippen molar-refractivity contribution < 1.29 is 23.8 Å². The van der Waals surface area contributed by atoms with Crippen LogP contribution in [0.2, 0.25) is 0 Å². The van der Waals surface area contributed by atoms with Crippen molar-refractivity contribution in [2.75, 3.05) is 18.4 Å². The van der Waals surface area contributed by atoms with Crippen LogP contribution in [0.1, 0.15) is 73.0 Å². The van der Waals surface area contributed by atoms with E-state index in [9.17, 15) is 19.5 Å². The third-order valence-electron chi connectivity index (χ3n) is 6.54. The first-order valence-corrected chi connectivity index (χ1v) is 12.7. The van der Waals surface area contributed by atoms with Crippen molar-refractivity contribution in [2.24, 2.45) is 0 Å². The van der Waals surface area contributed by atoms with Crippen LogP contribution in [0.25, 0.3) is 16.5 Å². The number of aryl methyl sites for hydroxylation is 1. The van der Waals surface area contributed by atoms with Gasteiger partial charge in [0.1, 0.15) is 16.9 Å². The average Bonchev–Trinajstić information content (AvgIpc) is 2.85. The lowest BCUT2D eigenvalue weighted by Crippen LogP contribution is -2.39. The molecule has 8 nitrogen and oxygen atoms in total. The largest absolute Gasteiger partial charge is 0.478 e. The zero-order valence-electron chi connectivity index (χ0n) is 22.7. The molecule has 3 aromatic rings. The number of ether oxygens (including phenoxy) is 1. The van der Waals surface area contributed by atoms with Gasteiger partial charge in [-0.25, -0.2) is 9.59 Å². The third kappa shape index (κ3) is 5.59. The molecule has 0 radical (unpaired) electrons. The van der Waals surface area contributed by atoms with Crippen LogP contribution >= 0.6 is 0 Å². The number of hydrogen-bond donors (Lipinski definition) is 2. The number of rotatable bonds is 5. The Labute approximate surface area is 221 Å². The number of hydrogen-bond acceptors (Lipinski definition) is 6. The highest BCUT2D eigenvalue weighted by Gasteiger charge is 2.26. The van der Waals surface area contributed by atoms with E-state index in [0.717, 1.165) is 16.7 Å². The Morgan fingerprint density at radius 2 is 1.87 bits per heavy atom. The number of carboxylic acids is 1. The lowest BCUT2D eigenvalue weighted by Gasteiger charge is -2.29. The summed E-state index contributed by atoms with van der Waals surface area (Å²) in [5.41, 5.74) is 3.46. The summed E-state index contributed by atoms with van der Waals surface area (Å²) in [6.45, 7) is 11.9. The molecule has 0 bridgehead atoms. The van der Waals surface area contributed by atoms with Crippen LogP contribution in [0.15, 0.2) is 51.7 Å². The molecule has 0 aliphatic carbocycles. The molecule has 0 saturated carbocycles. The van der Waals surface area contributed by atoms with Gasteiger partial charge < -0.3 is 24.5 Å². The van der Waals surface area contributed by atoms with Gasteiger partial charge in [0.15, 0.2) is 5.43 Å². The molecule has 8 heteroatoms. The van der Waals surface area contributed by atoms with E-state index < -0.39 is 11.6 Å². The minimum atomic E-state index is -1.02. The van der Waals surface area contributed by atoms with Crippen LogP contribution in [0.5, 0.6) is 0 Å². The number of fused-ring (bicyclic) bond motifs is 1. The molecule has 1 aliphatic rings. The fraction of sp³-hybridized carbons (Fsp3) is 0.367. The molecule has 0 saturated heterocycles. The van der Waals surface area contributed by atoms with Crippen LogP contribution in [0.4, 0.5) is 10.5 Å². The molecule has 2 aromatic carbocycles. The van der Waals surface area contributed by atoms with E-state index in [2.05, 4.69) is 5.32 Å². The summed E-state index contributed by atoms with van der Waals surface area (Å²) in [6, 6.07) is 10.1. The first kappa shape index (κ1) is 27.0. The van der Waals surface area contributed by atoms with E-state index in [4.69, 9.17) is 9.15 Å². The molecule has 2 heterocycles. The summed E-state index contributed by atoms with van der Waals surface area (Å²) in [6.07, 6.45) is 2.06. The topological polar surface area (TPSA) is 109 Å². The van der Waals surface area contributed by atoms with E-state index in [1.54, 1.807) is 36.1 Å². The van der Waals surface area contributed by atoms with Crippen LogP contribution in [-0.2, 0) is 4.74 Å². The number of carbonyl (C=O) groups excluding carboxylic acids is 1. The number of anilines is 1. The fourth-order valence-corrected chi connectivity index (χ4v) is 4.67. The van der Waals surface area contributed by atoms with E-state index in [-0.39, 0.29) is 23.1 Å². The zero-order valence-corrected chi connectivity index (χ0v) is 22.7. The number of carbonyl (C=O) groups is 2. The molecule has 38 heavy (non-hydrogen) atoms. The van der Waals surface area contributed by atoms with Crippen molar-refractivity contribution in [1.29, 1.82) is 0 Å². The molecular weight excluding hydrogens is 484 g/mol. The van der Waals surface area contributed by atoms with Gasteiger partial charge in [-0.3, -0.25) is 4.79 Å². The Balaban J connectivity index is 1.72. The normalized spacial score (nSPS) is 14.7. The van der Waals surface area contributed by atoms with E-state index >= 15 is 0 Å². The predicted molar refractivity (Wildman–Crippen MR) is 148 cm³/mol. The van der Waals surface area contributed by atoms with Crippen molar-refractivity contribution in [2.45, 2.75) is 59.6 Å². The quantitative estimate of drug-likeness (QED) is 0.408. The van der Waals surface area contributed by atoms with Crippen molar-refractivity contribution in [3.05, 3.63) is 80.7 Å². The summed E-state index contributed by atoms with van der Waals surface area (Å²) in [4.78, 5) is 39.3. The van der Waals surface area contributed by atoms with Gasteiger partial charge in [-0.05, 0) is 77.3 Å². The van der Waals surface area contributed by atoms with Gasteiger partial charge in [0, 0.05) is 29.9 Å². The minimum absolute atomic E-state index is 0.111. The molecule has 0 fully saturated rings. The van der Waals surface area contributed by atoms with E-state index in [0.29, 0.717) is 47.5 Å². The van der Waals surface area contributed by atoms with Crippen molar-refractivity contribution >= 4 is 34.3 Å². The average molecular weight is 519 g/mol. The van der Waals surface area contributed by atoms with Crippen LogP contribution in [0.3, 0.4) is 0 Å². The third-order valence-corrected chi connectivity index (χ3v) is 6.54. The Morgan fingerprint density at radius 3 is 2.50 bits per heavy atom. The molecule has 1 aromatic heterocycles. The summed E-state index contributed by atoms with van der Waals surface area (Å²) in [7, 11) is 0. The van der Waals surface area contributed by atoms with Crippen LogP contribution in [-0.4, -0.2) is 40.8 Å². The Kier molecular flexibility index (Phi) is 7.35. The zero-order chi connectivity index (χ0) is 27.8. The standard InChI is InChI=1S/C30H34N2O6/c1-17-15-22(19(3)31-24-10-8-7-9-21(24)28(34)35)27-23(16-17)25(33)18(2)26(37-27)20-11-13-32(14-12-20)29(36)38-30(4,5)6/h7-11,15-16,19,31H,12-14H2,1-6H3,(H,34,35)/t19-/m1/s1. The Bertz CT molecular complexity index is 1500. The van der Waals surface area contributed by atoms with Gasteiger partial charge >= 0.3 is 12.1 Å². The van der Waals surface area contributed by atoms with E-state index in [1.807, 2.05) is 52.8 Å². The number of para-hydroxylation sites is 1. The van der Waals surface area contributed by atoms with Gasteiger partial charge in [-0.15, -0.1) is 0 Å². The number of nitrogens with zero attached hydrogens (tertiary/aromatic N) is 1. The molecule has 1 atom stereocenters. The fourth-order valence-electron chi connectivity index (χ4n) is 4.67. The highest BCUT2D eigenvalue weighted by atomic mass is 16.6. The van der Waals surface area contributed by atoms with Crippen molar-refractivity contribution in [3.63, 3.8) is 0 Å². The van der Waals surface area contributed by atoms with E-state index in [1.165, 1.54) is 0 Å². The molecule has 1 aliphatic heterocycles. The van der Waals surface area contributed by atoms with Crippen molar-refractivity contribution in [3.8, 4) is 0 Å². The molecule has 0 unspecified atom stereocenters. The monoisotopic (exact) mass is 518 g/mol. The Hall–Kier alpha value is -4.07. The van der Waals surface area contributed by atoms with Crippen LogP contribution in [0, 0.1) is 13.8 Å². The summed E-state index contributed by atoms with van der Waals surface area (Å²) in [5.74, 6) is -0.516. The Morgan fingerprint density at radius 1 is 1.16 bits per heavy atom. The smallest absolute Gasteiger partial charge is 0.410 e. The summed E-state index contributed by atoms with van der Waals surface area (Å²) in [5, 5.41) is 13.3. The molecule has 0 spiro atoms. The number of amides is 1. The summed E-state index contributed by atoms with van der Waals surface area (Å²) < 4.78 is 11.9. The number of benzene rings is 2. The maximum atomic E-state index is 13.5. The second-order valence-electron chi connectivity index (χ2n) is 10.7. The van der Waals surface area contributed by atoms with Gasteiger partial charge in [-0.1, -0.05) is 24.3 Å². The lowest BCUT2D eigenvalue weighted by atomic mass is 9.97. The number of aromatic carboxylic acids is 1. The SMILES string of the molecule is Cc1cc([C@@H](C)Nc2ccccc2C(=O)O)c2oc(C3=CCN(C(=O)OC(C)(C)C)CC3)c(C)c(=O)c2c1. The lowest BCUT2D eigenvalue weighted by molar-refractivity contribution is 0.0270. The number of nitrogens with one attached hydrogen (secondary N) is 1. The van der Waals surface area contributed by atoms with Gasteiger partial charge in [0.25, 0.3) is 0 Å². The predicted octanol–water partition coefficient (Wildman–Crippen LogP) is 6.31. The maximum absolute atomic E-state index is 13.5. The molecule has 1 amide bonds. The second-order valence-corrected chi connectivity index (χ2v) is 10.7. The van der Waals surface area contributed by atoms with Crippen molar-refractivity contribution in [1.82, 2.24) is 4.90 Å². The highest BCUT2D eigenvalue weighted by molar-refractivity contribution is 5.94. The first-order valence-electron chi connectivity index (χ1n) is 12.7. The highest BCUT2D eigenvalue weighted by Crippen LogP contribution is 2.33. The maximum Gasteiger partial charge on any atom is 0.410 e. The van der Waals surface area contributed by atoms with Gasteiger partial charge in [0.05, 0.1) is 17.0 Å². The molecule has 200 valence electrons. The second kappa shape index (κ2) is 10.4. The van der Waals surface area contributed by atoms with Gasteiger partial charge in [-0.2, -0.15) is 0 Å². The molecule has 2 N–H and O–H groups in total. The van der Waals surface area contributed by atoms with Gasteiger partial charge in [0.2, 0.25) is 0 Å². The minimum Gasteiger partial charge on any atom is -0.478 e. The number of carboxylic acid groups (broad SMARTS) is 1. The van der Waals surface area contributed by atoms with Crippen LogP contribution < -0.4 is 10.7 Å². The molecular formula is C30H34N2O6. The molecule has 4 rings (SSSR count). The first-order chi connectivity index (χ1) is 17.9. The summed E-state index contributed by atoms with van der Waals surface area (Å²) >= 11 is 0.